The standard InChI is InChI=1S/C8H11NO3/c1-9(8(10)11-2)5-7-3-4-12-6-7/h3-4,6H,5H2,1-2H3. The van der Waals surface area contributed by atoms with E-state index in [2.05, 4.69) is 4.74 Å². The summed E-state index contributed by atoms with van der Waals surface area (Å²) >= 11 is 0. The molecule has 4 heteroatoms. The normalized spacial score (nSPS) is 9.50. The summed E-state index contributed by atoms with van der Waals surface area (Å²) in [5.74, 6) is 0. The molecule has 0 N–H and O–H groups in total. The van der Waals surface area contributed by atoms with Crippen molar-refractivity contribution in [3.05, 3.63) is 24.2 Å². The van der Waals surface area contributed by atoms with Crippen LogP contribution in [0.1, 0.15) is 5.56 Å². The zero-order valence-electron chi connectivity index (χ0n) is 7.11. The van der Waals surface area contributed by atoms with Gasteiger partial charge in [-0.2, -0.15) is 0 Å². The summed E-state index contributed by atoms with van der Waals surface area (Å²) in [7, 11) is 3.02. The van der Waals surface area contributed by atoms with Gasteiger partial charge in [0.1, 0.15) is 0 Å². The van der Waals surface area contributed by atoms with E-state index in [1.54, 1.807) is 25.6 Å². The van der Waals surface area contributed by atoms with Crippen LogP contribution in [-0.4, -0.2) is 25.2 Å². The zero-order valence-corrected chi connectivity index (χ0v) is 7.11. The third-order valence-electron chi connectivity index (χ3n) is 1.49. The summed E-state index contributed by atoms with van der Waals surface area (Å²) in [5, 5.41) is 0. The zero-order chi connectivity index (χ0) is 8.97. The number of carbonyl (C=O) groups excluding carboxylic acids is 1. The van der Waals surface area contributed by atoms with E-state index in [9.17, 15) is 4.79 Å². The lowest BCUT2D eigenvalue weighted by Crippen LogP contribution is -2.25. The summed E-state index contributed by atoms with van der Waals surface area (Å²) in [6.45, 7) is 0.503. The van der Waals surface area contributed by atoms with Crippen molar-refractivity contribution < 1.29 is 13.9 Å². The summed E-state index contributed by atoms with van der Waals surface area (Å²) in [6.07, 6.45) is 2.82. The fourth-order valence-electron chi connectivity index (χ4n) is 0.877. The van der Waals surface area contributed by atoms with Gasteiger partial charge in [-0.05, 0) is 6.07 Å². The maximum absolute atomic E-state index is 10.9. The van der Waals surface area contributed by atoms with Gasteiger partial charge >= 0.3 is 6.09 Å². The Kier molecular flexibility index (Phi) is 2.74. The number of hydrogen-bond donors (Lipinski definition) is 0. The smallest absolute Gasteiger partial charge is 0.409 e. The molecule has 0 radical (unpaired) electrons. The van der Waals surface area contributed by atoms with Crippen molar-refractivity contribution in [2.45, 2.75) is 6.54 Å². The number of nitrogens with zero attached hydrogens (tertiary/aromatic N) is 1. The molecule has 1 aromatic heterocycles. The van der Waals surface area contributed by atoms with Crippen molar-refractivity contribution in [1.82, 2.24) is 4.90 Å². The monoisotopic (exact) mass is 169 g/mol. The first kappa shape index (κ1) is 8.64. The number of methoxy groups -OCH3 is 1. The number of hydrogen-bond acceptors (Lipinski definition) is 3. The van der Waals surface area contributed by atoms with Gasteiger partial charge in [0.2, 0.25) is 0 Å². The molecular weight excluding hydrogens is 158 g/mol. The molecule has 0 spiro atoms. The molecule has 0 bridgehead atoms. The number of ether oxygens (including phenoxy) is 1. The predicted molar refractivity (Wildman–Crippen MR) is 42.6 cm³/mol. The topological polar surface area (TPSA) is 42.7 Å². The lowest BCUT2D eigenvalue weighted by Gasteiger charge is -2.13. The Labute approximate surface area is 70.7 Å². The van der Waals surface area contributed by atoms with Crippen molar-refractivity contribution in [3.63, 3.8) is 0 Å². The second-order valence-corrected chi connectivity index (χ2v) is 2.46. The first-order valence-corrected chi connectivity index (χ1v) is 3.54. The summed E-state index contributed by atoms with van der Waals surface area (Å²) in [5.41, 5.74) is 0.947. The molecule has 0 saturated heterocycles. The Morgan fingerprint density at radius 2 is 2.50 bits per heavy atom. The second kappa shape index (κ2) is 3.80. The molecular formula is C8H11NO3. The fraction of sp³-hybridized carbons (Fsp3) is 0.375. The fourth-order valence-corrected chi connectivity index (χ4v) is 0.877. The van der Waals surface area contributed by atoms with Crippen molar-refractivity contribution >= 4 is 6.09 Å². The summed E-state index contributed by atoms with van der Waals surface area (Å²) in [6, 6.07) is 1.80. The molecule has 4 nitrogen and oxygen atoms in total. The molecule has 1 aromatic rings. The number of rotatable bonds is 2. The van der Waals surface area contributed by atoms with Crippen LogP contribution in [0.3, 0.4) is 0 Å². The van der Waals surface area contributed by atoms with Crippen LogP contribution in [0.4, 0.5) is 4.79 Å². The minimum Gasteiger partial charge on any atom is -0.472 e. The van der Waals surface area contributed by atoms with Crippen molar-refractivity contribution in [2.75, 3.05) is 14.2 Å². The van der Waals surface area contributed by atoms with Gasteiger partial charge in [0, 0.05) is 12.6 Å². The third kappa shape index (κ3) is 2.02. The molecule has 0 atom stereocenters. The summed E-state index contributed by atoms with van der Waals surface area (Å²) in [4.78, 5) is 12.4. The molecule has 0 aliphatic heterocycles. The first-order chi connectivity index (χ1) is 5.74. The summed E-state index contributed by atoms with van der Waals surface area (Å²) < 4.78 is 9.37. The molecule has 1 rings (SSSR count). The SMILES string of the molecule is COC(=O)N(C)Cc1ccoc1. The van der Waals surface area contributed by atoms with Crippen LogP contribution in [0.15, 0.2) is 23.0 Å². The van der Waals surface area contributed by atoms with Crippen LogP contribution in [0.5, 0.6) is 0 Å². The molecule has 0 saturated carbocycles. The molecule has 0 aliphatic rings. The minimum atomic E-state index is -0.351. The largest absolute Gasteiger partial charge is 0.472 e. The van der Waals surface area contributed by atoms with E-state index in [0.717, 1.165) is 5.56 Å². The van der Waals surface area contributed by atoms with E-state index in [1.807, 2.05) is 0 Å². The second-order valence-electron chi connectivity index (χ2n) is 2.46. The molecule has 0 aliphatic carbocycles. The van der Waals surface area contributed by atoms with Crippen LogP contribution in [0, 0.1) is 0 Å². The quantitative estimate of drug-likeness (QED) is 0.673. The molecule has 1 heterocycles. The Morgan fingerprint density at radius 3 is 3.00 bits per heavy atom. The van der Waals surface area contributed by atoms with Gasteiger partial charge in [-0.15, -0.1) is 0 Å². The van der Waals surface area contributed by atoms with Crippen molar-refractivity contribution in [1.29, 1.82) is 0 Å². The Morgan fingerprint density at radius 1 is 1.75 bits per heavy atom. The maximum Gasteiger partial charge on any atom is 0.409 e. The molecule has 0 aromatic carbocycles. The predicted octanol–water partition coefficient (Wildman–Crippen LogP) is 1.48. The van der Waals surface area contributed by atoms with Gasteiger partial charge in [0.15, 0.2) is 0 Å². The highest BCUT2D eigenvalue weighted by Crippen LogP contribution is 2.03. The molecule has 66 valence electrons. The Balaban J connectivity index is 2.47. The van der Waals surface area contributed by atoms with Crippen LogP contribution < -0.4 is 0 Å². The van der Waals surface area contributed by atoms with Crippen molar-refractivity contribution in [2.24, 2.45) is 0 Å². The molecule has 0 unspecified atom stereocenters. The molecule has 0 fully saturated rings. The van der Waals surface area contributed by atoms with Crippen LogP contribution in [0.2, 0.25) is 0 Å². The Bertz CT molecular complexity index is 243. The molecule has 1 amide bonds. The minimum absolute atomic E-state index is 0.351. The van der Waals surface area contributed by atoms with E-state index in [1.165, 1.54) is 12.0 Å². The van der Waals surface area contributed by atoms with Crippen LogP contribution in [0.25, 0.3) is 0 Å². The van der Waals surface area contributed by atoms with Gasteiger partial charge in [0.05, 0.1) is 26.2 Å². The highest BCUT2D eigenvalue weighted by molar-refractivity contribution is 5.66. The first-order valence-electron chi connectivity index (χ1n) is 3.54. The van der Waals surface area contributed by atoms with E-state index in [0.29, 0.717) is 6.54 Å². The maximum atomic E-state index is 10.9. The van der Waals surface area contributed by atoms with E-state index in [4.69, 9.17) is 4.42 Å². The third-order valence-corrected chi connectivity index (χ3v) is 1.49. The lowest BCUT2D eigenvalue weighted by atomic mass is 10.3. The lowest BCUT2D eigenvalue weighted by molar-refractivity contribution is 0.131. The van der Waals surface area contributed by atoms with E-state index in [-0.39, 0.29) is 6.09 Å². The van der Waals surface area contributed by atoms with E-state index >= 15 is 0 Å². The average Bonchev–Trinajstić information content (AvgIpc) is 2.55. The average molecular weight is 169 g/mol. The number of amides is 1. The van der Waals surface area contributed by atoms with Gasteiger partial charge in [0.25, 0.3) is 0 Å². The van der Waals surface area contributed by atoms with E-state index < -0.39 is 0 Å². The van der Waals surface area contributed by atoms with Crippen molar-refractivity contribution in [3.8, 4) is 0 Å². The highest BCUT2D eigenvalue weighted by atomic mass is 16.5. The van der Waals surface area contributed by atoms with Crippen LogP contribution in [-0.2, 0) is 11.3 Å². The van der Waals surface area contributed by atoms with Gasteiger partial charge in [-0.1, -0.05) is 0 Å². The number of furan rings is 1. The van der Waals surface area contributed by atoms with Gasteiger partial charge in [-0.25, -0.2) is 4.79 Å². The van der Waals surface area contributed by atoms with Gasteiger partial charge < -0.3 is 14.1 Å². The van der Waals surface area contributed by atoms with Gasteiger partial charge in [-0.3, -0.25) is 0 Å². The number of carbonyl (C=O) groups is 1. The van der Waals surface area contributed by atoms with Crippen LogP contribution >= 0.6 is 0 Å². The molecule has 12 heavy (non-hydrogen) atoms. The highest BCUT2D eigenvalue weighted by Gasteiger charge is 2.08. The Hall–Kier alpha value is -1.45.